The lowest BCUT2D eigenvalue weighted by Gasteiger charge is -2.37. The third-order valence-electron chi connectivity index (χ3n) is 5.17. The van der Waals surface area contributed by atoms with E-state index in [0.717, 1.165) is 30.9 Å². The molecule has 2 atom stereocenters. The monoisotopic (exact) mass is 413 g/mol. The maximum Gasteiger partial charge on any atom is 0.312 e. The molecule has 0 radical (unpaired) electrons. The van der Waals surface area contributed by atoms with Crippen molar-refractivity contribution >= 4 is 24.3 Å². The fourth-order valence-corrected chi connectivity index (χ4v) is 3.61. The van der Waals surface area contributed by atoms with Crippen LogP contribution in [0, 0.1) is 5.92 Å². The topological polar surface area (TPSA) is 132 Å². The number of hydrogen-bond donors (Lipinski definition) is 3. The van der Waals surface area contributed by atoms with Gasteiger partial charge in [-0.3, -0.25) is 4.79 Å². The minimum atomic E-state index is -0.591. The Labute approximate surface area is 172 Å². The Morgan fingerprint density at radius 1 is 1.29 bits per heavy atom. The van der Waals surface area contributed by atoms with E-state index >= 15 is 0 Å². The molecule has 28 heavy (non-hydrogen) atoms. The number of nitrogens with one attached hydrogen (secondary N) is 1. The Kier molecular flexibility index (Phi) is 7.65. The molecular weight excluding hydrogens is 382 g/mol. The van der Waals surface area contributed by atoms with Gasteiger partial charge < -0.3 is 21.7 Å². The zero-order chi connectivity index (χ0) is 19.6. The molecule has 2 heterocycles. The van der Waals surface area contributed by atoms with Crippen LogP contribution in [0.15, 0.2) is 0 Å². The zero-order valence-corrected chi connectivity index (χ0v) is 17.5. The van der Waals surface area contributed by atoms with Gasteiger partial charge in [-0.25, -0.2) is 14.5 Å². The second-order valence-corrected chi connectivity index (χ2v) is 8.04. The van der Waals surface area contributed by atoms with Crippen LogP contribution in [0.4, 0.5) is 4.79 Å². The molecule has 2 aliphatic rings. The van der Waals surface area contributed by atoms with Crippen molar-refractivity contribution in [1.82, 2.24) is 25.0 Å². The number of amides is 3. The number of nitrogens with two attached hydrogens (primary N) is 2. The number of rotatable bonds is 8. The lowest BCUT2D eigenvalue weighted by atomic mass is 9.99. The number of fused-ring (bicyclic) bond motifs is 1. The van der Waals surface area contributed by atoms with Crippen LogP contribution in [0.3, 0.4) is 0 Å². The van der Waals surface area contributed by atoms with Crippen LogP contribution in [-0.4, -0.2) is 50.7 Å². The van der Waals surface area contributed by atoms with Crippen LogP contribution < -0.4 is 16.8 Å². The second-order valence-electron chi connectivity index (χ2n) is 8.04. The van der Waals surface area contributed by atoms with Crippen molar-refractivity contribution < 1.29 is 9.59 Å². The first-order valence-corrected chi connectivity index (χ1v) is 9.90. The fourth-order valence-electron chi connectivity index (χ4n) is 3.61. The Bertz CT molecular complexity index is 689. The second kappa shape index (κ2) is 9.56. The number of hydrogen-bond acceptors (Lipinski definition) is 5. The Morgan fingerprint density at radius 2 is 2.00 bits per heavy atom. The molecule has 1 fully saturated rings. The summed E-state index contributed by atoms with van der Waals surface area (Å²) < 4.78 is 1.98. The van der Waals surface area contributed by atoms with Gasteiger partial charge in [-0.1, -0.05) is 13.8 Å². The lowest BCUT2D eigenvalue weighted by Crippen LogP contribution is -2.50. The molecule has 1 aromatic heterocycles. The van der Waals surface area contributed by atoms with Crippen LogP contribution in [0.5, 0.6) is 0 Å². The summed E-state index contributed by atoms with van der Waals surface area (Å²) in [6.07, 6.45) is 4.27. The summed E-state index contributed by atoms with van der Waals surface area (Å²) in [5, 5.41) is 7.19. The van der Waals surface area contributed by atoms with E-state index in [9.17, 15) is 9.59 Å². The minimum absolute atomic E-state index is 0. The molecule has 1 aliphatic heterocycles. The Morgan fingerprint density at radius 3 is 2.61 bits per heavy atom. The van der Waals surface area contributed by atoms with Crippen molar-refractivity contribution in [3.8, 4) is 0 Å². The van der Waals surface area contributed by atoms with Crippen molar-refractivity contribution in [3.05, 3.63) is 11.6 Å². The largest absolute Gasteiger partial charge is 0.352 e. The molecule has 0 aromatic carbocycles. The van der Waals surface area contributed by atoms with E-state index in [0.29, 0.717) is 44.3 Å². The van der Waals surface area contributed by atoms with Gasteiger partial charge >= 0.3 is 6.03 Å². The number of nitrogens with zero attached hydrogens (tertiary/aromatic N) is 4. The smallest absolute Gasteiger partial charge is 0.312 e. The van der Waals surface area contributed by atoms with Crippen LogP contribution in [0.1, 0.15) is 69.6 Å². The molecular formula is C18H32ClN7O2. The third kappa shape index (κ3) is 5.35. The number of primary amides is 1. The molecule has 5 N–H and O–H groups in total. The highest BCUT2D eigenvalue weighted by molar-refractivity contribution is 5.85. The highest BCUT2D eigenvalue weighted by Gasteiger charge is 2.38. The van der Waals surface area contributed by atoms with E-state index < -0.39 is 12.1 Å². The molecule has 1 aliphatic carbocycles. The van der Waals surface area contributed by atoms with Crippen LogP contribution in [0.2, 0.25) is 0 Å². The molecule has 1 aromatic rings. The SMILES string of the molecule is CC(C)C[C@H]1c2nc(C3CC3)nn2CCN1C(=O)[C@@H](N)CCCNC(N)=O.Cl. The van der Waals surface area contributed by atoms with Gasteiger partial charge in [0.15, 0.2) is 5.82 Å². The van der Waals surface area contributed by atoms with E-state index in [-0.39, 0.29) is 24.4 Å². The predicted octanol–water partition coefficient (Wildman–Crippen LogP) is 1.28. The van der Waals surface area contributed by atoms with E-state index in [1.807, 2.05) is 9.58 Å². The normalized spacial score (nSPS) is 19.7. The van der Waals surface area contributed by atoms with Crippen molar-refractivity contribution in [3.63, 3.8) is 0 Å². The summed E-state index contributed by atoms with van der Waals surface area (Å²) in [6.45, 7) is 5.98. The lowest BCUT2D eigenvalue weighted by molar-refractivity contribution is -0.137. The quantitative estimate of drug-likeness (QED) is 0.552. The highest BCUT2D eigenvalue weighted by Crippen LogP contribution is 2.40. The van der Waals surface area contributed by atoms with Crippen molar-refractivity contribution in [1.29, 1.82) is 0 Å². The standard InChI is InChI=1S/C18H31N7O2.ClH/c1-11(2)10-14-16-22-15(12-5-6-12)23-25(16)9-8-24(14)17(26)13(19)4-3-7-21-18(20)27;/h11-14H,3-10,19H2,1-2H3,(H3,20,21,27);1H/t13-,14-;/m0./s1. The first kappa shape index (κ1) is 22.4. The summed E-state index contributed by atoms with van der Waals surface area (Å²) in [5.74, 6) is 2.69. The summed E-state index contributed by atoms with van der Waals surface area (Å²) in [6, 6.07) is -1.23. The molecule has 1 saturated carbocycles. The number of carbonyl (C=O) groups excluding carboxylic acids is 2. The summed E-state index contributed by atoms with van der Waals surface area (Å²) in [5.41, 5.74) is 11.2. The van der Waals surface area contributed by atoms with E-state index in [1.165, 1.54) is 0 Å². The molecule has 3 rings (SSSR count). The highest BCUT2D eigenvalue weighted by atomic mass is 35.5. The number of urea groups is 1. The number of aromatic nitrogens is 3. The molecule has 0 unspecified atom stereocenters. The van der Waals surface area contributed by atoms with Gasteiger partial charge in [-0.05, 0) is 38.0 Å². The van der Waals surface area contributed by atoms with E-state index in [1.54, 1.807) is 0 Å². The Hall–Kier alpha value is -1.87. The van der Waals surface area contributed by atoms with Crippen LogP contribution >= 0.6 is 12.4 Å². The van der Waals surface area contributed by atoms with Gasteiger partial charge in [-0.2, -0.15) is 5.10 Å². The van der Waals surface area contributed by atoms with Gasteiger partial charge in [0, 0.05) is 19.0 Å². The van der Waals surface area contributed by atoms with Gasteiger partial charge in [0.1, 0.15) is 5.82 Å². The predicted molar refractivity (Wildman–Crippen MR) is 108 cm³/mol. The van der Waals surface area contributed by atoms with Crippen LogP contribution in [-0.2, 0) is 11.3 Å². The minimum Gasteiger partial charge on any atom is -0.352 e. The summed E-state index contributed by atoms with van der Waals surface area (Å²) in [4.78, 5) is 30.4. The molecule has 0 bridgehead atoms. The molecule has 0 spiro atoms. The molecule has 158 valence electrons. The maximum atomic E-state index is 13.0. The average Bonchev–Trinajstić information content (AvgIpc) is 3.36. The first-order valence-electron chi connectivity index (χ1n) is 9.90. The van der Waals surface area contributed by atoms with Crippen molar-refractivity contribution in [2.45, 2.75) is 70.5 Å². The molecule has 3 amide bonds. The van der Waals surface area contributed by atoms with Crippen LogP contribution in [0.25, 0.3) is 0 Å². The molecule has 0 saturated heterocycles. The van der Waals surface area contributed by atoms with E-state index in [2.05, 4.69) is 24.3 Å². The van der Waals surface area contributed by atoms with E-state index in [4.69, 9.17) is 16.5 Å². The van der Waals surface area contributed by atoms with Crippen molar-refractivity contribution in [2.24, 2.45) is 17.4 Å². The average molecular weight is 414 g/mol. The number of carbonyl (C=O) groups is 2. The summed E-state index contributed by atoms with van der Waals surface area (Å²) in [7, 11) is 0. The fraction of sp³-hybridized carbons (Fsp3) is 0.778. The molecule has 9 nitrogen and oxygen atoms in total. The summed E-state index contributed by atoms with van der Waals surface area (Å²) >= 11 is 0. The van der Waals surface area contributed by atoms with Crippen molar-refractivity contribution in [2.75, 3.05) is 13.1 Å². The Balaban J connectivity index is 0.00000280. The first-order chi connectivity index (χ1) is 12.9. The number of halogens is 1. The van der Waals surface area contributed by atoms with Gasteiger partial charge in [0.2, 0.25) is 5.91 Å². The third-order valence-corrected chi connectivity index (χ3v) is 5.17. The van der Waals surface area contributed by atoms with Gasteiger partial charge in [-0.15, -0.1) is 12.4 Å². The maximum absolute atomic E-state index is 13.0. The van der Waals surface area contributed by atoms with Gasteiger partial charge in [0.25, 0.3) is 0 Å². The van der Waals surface area contributed by atoms with Gasteiger partial charge in [0.05, 0.1) is 18.6 Å². The zero-order valence-electron chi connectivity index (χ0n) is 16.6. The molecule has 10 heteroatoms.